The molecule has 23 heavy (non-hydrogen) atoms. The van der Waals surface area contributed by atoms with E-state index in [2.05, 4.69) is 26.5 Å². The van der Waals surface area contributed by atoms with Crippen LogP contribution in [0.2, 0.25) is 0 Å². The van der Waals surface area contributed by atoms with Crippen LogP contribution >= 0.6 is 0 Å². The van der Waals surface area contributed by atoms with E-state index in [1.54, 1.807) is 0 Å². The van der Waals surface area contributed by atoms with Crippen molar-refractivity contribution in [3.8, 4) is 0 Å². The lowest BCUT2D eigenvalue weighted by Gasteiger charge is -2.37. The van der Waals surface area contributed by atoms with E-state index in [0.29, 0.717) is 23.7 Å². The Kier molecular flexibility index (Phi) is 7.39. The van der Waals surface area contributed by atoms with Gasteiger partial charge in [-0.1, -0.05) is 38.5 Å². The number of carbonyl (C=O) groups is 1. The number of hydrogen-bond acceptors (Lipinski definition) is 1. The first kappa shape index (κ1) is 18.8. The molecule has 0 heterocycles. The number of nitrogens with zero attached hydrogens (tertiary/aromatic N) is 1. The third-order valence-electron chi connectivity index (χ3n) is 5.92. The van der Waals surface area contributed by atoms with Crippen molar-refractivity contribution < 1.29 is 9.28 Å². The maximum atomic E-state index is 13.0. The zero-order valence-electron chi connectivity index (χ0n) is 15.8. The van der Waals surface area contributed by atoms with Crippen molar-refractivity contribution >= 4 is 5.91 Å². The SMILES string of the molecule is C[N+](C)(C)CCCNC(=O)C(C1CCCCC1)C1CCCCC1. The molecular weight excluding hydrogens is 284 g/mol. The van der Waals surface area contributed by atoms with Crippen LogP contribution in [0.25, 0.3) is 0 Å². The minimum absolute atomic E-state index is 0.305. The molecule has 0 aromatic rings. The lowest BCUT2D eigenvalue weighted by Crippen LogP contribution is -2.42. The summed E-state index contributed by atoms with van der Waals surface area (Å²) in [6, 6.07) is 0. The Bertz CT molecular complexity index is 331. The molecule has 2 saturated carbocycles. The Morgan fingerprint density at radius 3 is 1.83 bits per heavy atom. The van der Waals surface area contributed by atoms with E-state index >= 15 is 0 Å². The summed E-state index contributed by atoms with van der Waals surface area (Å²) in [6.45, 7) is 1.97. The molecule has 3 nitrogen and oxygen atoms in total. The molecule has 3 heteroatoms. The predicted molar refractivity (Wildman–Crippen MR) is 97.2 cm³/mol. The fourth-order valence-electron chi connectivity index (χ4n) is 4.68. The number of carbonyl (C=O) groups excluding carboxylic acids is 1. The molecule has 134 valence electrons. The van der Waals surface area contributed by atoms with Gasteiger partial charge in [-0.2, -0.15) is 0 Å². The van der Waals surface area contributed by atoms with Gasteiger partial charge < -0.3 is 9.80 Å². The first-order valence-corrected chi connectivity index (χ1v) is 10.1. The van der Waals surface area contributed by atoms with Gasteiger partial charge in [0.05, 0.1) is 27.7 Å². The van der Waals surface area contributed by atoms with Crippen molar-refractivity contribution in [1.29, 1.82) is 0 Å². The number of nitrogens with one attached hydrogen (secondary N) is 1. The Hall–Kier alpha value is -0.570. The summed E-state index contributed by atoms with van der Waals surface area (Å²) in [5.41, 5.74) is 0. The fraction of sp³-hybridized carbons (Fsp3) is 0.950. The Morgan fingerprint density at radius 1 is 0.913 bits per heavy atom. The fourth-order valence-corrected chi connectivity index (χ4v) is 4.68. The predicted octanol–water partition coefficient (Wildman–Crippen LogP) is 3.98. The molecule has 1 amide bonds. The summed E-state index contributed by atoms with van der Waals surface area (Å²) in [5, 5.41) is 3.30. The van der Waals surface area contributed by atoms with Crippen molar-refractivity contribution in [1.82, 2.24) is 5.32 Å². The summed E-state index contributed by atoms with van der Waals surface area (Å²) in [4.78, 5) is 13.0. The van der Waals surface area contributed by atoms with Gasteiger partial charge in [-0.25, -0.2) is 0 Å². The van der Waals surface area contributed by atoms with Gasteiger partial charge in [0.15, 0.2) is 0 Å². The van der Waals surface area contributed by atoms with E-state index in [1.807, 2.05) is 0 Å². The molecule has 1 N–H and O–H groups in total. The molecule has 2 rings (SSSR count). The van der Waals surface area contributed by atoms with Crippen LogP contribution in [0.4, 0.5) is 0 Å². The molecule has 0 atom stereocenters. The number of hydrogen-bond donors (Lipinski definition) is 1. The van der Waals surface area contributed by atoms with E-state index in [1.165, 1.54) is 64.2 Å². The van der Waals surface area contributed by atoms with Crippen LogP contribution in [-0.2, 0) is 4.79 Å². The summed E-state index contributed by atoms with van der Waals surface area (Å²) >= 11 is 0. The third kappa shape index (κ3) is 6.45. The summed E-state index contributed by atoms with van der Waals surface area (Å²) in [7, 11) is 6.65. The van der Waals surface area contributed by atoms with Gasteiger partial charge in [-0.3, -0.25) is 4.79 Å². The van der Waals surface area contributed by atoms with Crippen molar-refractivity contribution in [2.24, 2.45) is 17.8 Å². The minimum atomic E-state index is 0.305. The highest BCUT2D eigenvalue weighted by molar-refractivity contribution is 5.79. The van der Waals surface area contributed by atoms with E-state index in [4.69, 9.17) is 0 Å². The molecule has 0 bridgehead atoms. The third-order valence-corrected chi connectivity index (χ3v) is 5.92. The maximum absolute atomic E-state index is 13.0. The van der Waals surface area contributed by atoms with Crippen LogP contribution in [0.5, 0.6) is 0 Å². The standard InChI is InChI=1S/C20H38N2O/c1-22(2,3)16-10-15-21-20(23)19(17-11-6-4-7-12-17)18-13-8-5-9-14-18/h17-19H,4-16H2,1-3H3/p+1. The van der Waals surface area contributed by atoms with E-state index in [-0.39, 0.29) is 0 Å². The minimum Gasteiger partial charge on any atom is -0.356 e. The van der Waals surface area contributed by atoms with Crippen LogP contribution in [0, 0.1) is 17.8 Å². The molecule has 0 aromatic heterocycles. The lowest BCUT2D eigenvalue weighted by atomic mass is 9.69. The second-order valence-corrected chi connectivity index (χ2v) is 8.98. The van der Waals surface area contributed by atoms with E-state index < -0.39 is 0 Å². The molecule has 0 spiro atoms. The number of amides is 1. The van der Waals surface area contributed by atoms with Crippen molar-refractivity contribution in [2.45, 2.75) is 70.6 Å². The van der Waals surface area contributed by atoms with Gasteiger partial charge in [0.2, 0.25) is 5.91 Å². The van der Waals surface area contributed by atoms with Gasteiger partial charge in [0, 0.05) is 18.9 Å². The van der Waals surface area contributed by atoms with Gasteiger partial charge >= 0.3 is 0 Å². The highest BCUT2D eigenvalue weighted by Gasteiger charge is 2.36. The van der Waals surface area contributed by atoms with Crippen LogP contribution < -0.4 is 5.32 Å². The first-order chi connectivity index (χ1) is 11.0. The van der Waals surface area contributed by atoms with Crippen LogP contribution in [0.3, 0.4) is 0 Å². The topological polar surface area (TPSA) is 29.1 Å². The van der Waals surface area contributed by atoms with Crippen molar-refractivity contribution in [3.05, 3.63) is 0 Å². The smallest absolute Gasteiger partial charge is 0.223 e. The van der Waals surface area contributed by atoms with Crippen LogP contribution in [-0.4, -0.2) is 44.6 Å². The van der Waals surface area contributed by atoms with Crippen LogP contribution in [0.1, 0.15) is 70.6 Å². The largest absolute Gasteiger partial charge is 0.356 e. The monoisotopic (exact) mass is 323 g/mol. The second-order valence-electron chi connectivity index (χ2n) is 8.98. The zero-order chi connectivity index (χ0) is 16.7. The molecule has 0 aliphatic heterocycles. The Labute approximate surface area is 143 Å². The molecule has 0 aromatic carbocycles. The molecule has 2 aliphatic carbocycles. The quantitative estimate of drug-likeness (QED) is 0.557. The number of rotatable bonds is 7. The average Bonchev–Trinajstić information content (AvgIpc) is 2.53. The van der Waals surface area contributed by atoms with Crippen LogP contribution in [0.15, 0.2) is 0 Å². The average molecular weight is 324 g/mol. The van der Waals surface area contributed by atoms with E-state index in [0.717, 1.165) is 24.0 Å². The van der Waals surface area contributed by atoms with Crippen molar-refractivity contribution in [2.75, 3.05) is 34.2 Å². The van der Waals surface area contributed by atoms with Crippen molar-refractivity contribution in [3.63, 3.8) is 0 Å². The summed E-state index contributed by atoms with van der Waals surface area (Å²) in [5.74, 6) is 2.00. The van der Waals surface area contributed by atoms with Gasteiger partial charge in [0.1, 0.15) is 0 Å². The van der Waals surface area contributed by atoms with Gasteiger partial charge in [0.25, 0.3) is 0 Å². The highest BCUT2D eigenvalue weighted by Crippen LogP contribution is 2.40. The normalized spacial score (nSPS) is 21.6. The molecule has 0 unspecified atom stereocenters. The van der Waals surface area contributed by atoms with Gasteiger partial charge in [-0.15, -0.1) is 0 Å². The van der Waals surface area contributed by atoms with E-state index in [9.17, 15) is 4.79 Å². The van der Waals surface area contributed by atoms with Gasteiger partial charge in [-0.05, 0) is 37.5 Å². The molecule has 2 fully saturated rings. The summed E-state index contributed by atoms with van der Waals surface area (Å²) < 4.78 is 0.977. The number of quaternary nitrogens is 1. The maximum Gasteiger partial charge on any atom is 0.223 e. The molecular formula is C20H39N2O+. The summed E-state index contributed by atoms with van der Waals surface area (Å²) in [6.07, 6.45) is 14.3. The Balaban J connectivity index is 1.88. The Morgan fingerprint density at radius 2 is 1.39 bits per heavy atom. The molecule has 2 aliphatic rings. The first-order valence-electron chi connectivity index (χ1n) is 10.1. The lowest BCUT2D eigenvalue weighted by molar-refractivity contribution is -0.870. The molecule has 0 saturated heterocycles. The molecule has 0 radical (unpaired) electrons. The zero-order valence-corrected chi connectivity index (χ0v) is 15.8. The second kappa shape index (κ2) is 9.05. The highest BCUT2D eigenvalue weighted by atomic mass is 16.1.